The summed E-state index contributed by atoms with van der Waals surface area (Å²) in [6.07, 6.45) is 0.120. The Balaban J connectivity index is 1.51. The average molecular weight is 510 g/mol. The van der Waals surface area contributed by atoms with Gasteiger partial charge < -0.3 is 20.6 Å². The number of carbonyl (C=O) groups is 4. The summed E-state index contributed by atoms with van der Waals surface area (Å²) in [5.74, 6) is -2.66. The van der Waals surface area contributed by atoms with Gasteiger partial charge in [-0.1, -0.05) is 62.4 Å². The second kappa shape index (κ2) is 9.97. The molecule has 8 nitrogen and oxygen atoms in total. The van der Waals surface area contributed by atoms with Gasteiger partial charge >= 0.3 is 5.97 Å². The van der Waals surface area contributed by atoms with Crippen LogP contribution >= 0.6 is 11.8 Å². The van der Waals surface area contributed by atoms with E-state index in [9.17, 15) is 24.3 Å². The second-order valence-corrected chi connectivity index (χ2v) is 11.8. The Kier molecular flexibility index (Phi) is 7.13. The van der Waals surface area contributed by atoms with E-state index >= 15 is 0 Å². The van der Waals surface area contributed by atoms with Crippen molar-refractivity contribution in [2.45, 2.75) is 62.4 Å². The molecule has 0 bridgehead atoms. The first kappa shape index (κ1) is 25.8. The van der Waals surface area contributed by atoms with E-state index in [4.69, 9.17) is 0 Å². The molecule has 2 aromatic carbocycles. The van der Waals surface area contributed by atoms with Crippen LogP contribution in [0.4, 0.5) is 0 Å². The number of fused-ring (bicyclic) bond motifs is 3. The highest BCUT2D eigenvalue weighted by Gasteiger charge is 2.57. The fourth-order valence-electron chi connectivity index (χ4n) is 4.88. The molecule has 0 spiro atoms. The summed E-state index contributed by atoms with van der Waals surface area (Å²) in [5, 5.41) is 14.8. The van der Waals surface area contributed by atoms with Gasteiger partial charge in [0.05, 0.1) is 0 Å². The van der Waals surface area contributed by atoms with Gasteiger partial charge in [0, 0.05) is 16.7 Å². The van der Waals surface area contributed by atoms with Gasteiger partial charge in [-0.25, -0.2) is 4.79 Å². The molecule has 3 amide bonds. The zero-order valence-electron chi connectivity index (χ0n) is 20.7. The van der Waals surface area contributed by atoms with Crippen LogP contribution in [-0.2, 0) is 20.8 Å². The number of nitrogens with zero attached hydrogens (tertiary/aromatic N) is 1. The minimum absolute atomic E-state index is 0.120. The van der Waals surface area contributed by atoms with Crippen molar-refractivity contribution in [1.82, 2.24) is 15.5 Å². The maximum Gasteiger partial charge on any atom is 0.326 e. The standard InChI is InChI=1S/C27H31N3O5S/c1-15(2)20(22(31)28-19(26(34)35)14-16-10-6-5-7-11-16)29-23(32)21-27(3,4)36-25-18-13-9-8-12-17(18)24(33)30(21)25/h5-13,15,19-21,25H,14H2,1-4H3,(H,28,31)(H,29,32)(H,34,35)/t19-,20-,21+,25?/m0/s1. The van der Waals surface area contributed by atoms with Crippen LogP contribution in [0.1, 0.15) is 54.6 Å². The molecule has 0 radical (unpaired) electrons. The lowest BCUT2D eigenvalue weighted by Crippen LogP contribution is -2.59. The first-order valence-electron chi connectivity index (χ1n) is 12.0. The normalized spacial score (nSPS) is 21.5. The van der Waals surface area contributed by atoms with Gasteiger partial charge in [0.2, 0.25) is 11.8 Å². The van der Waals surface area contributed by atoms with Crippen molar-refractivity contribution in [3.63, 3.8) is 0 Å². The molecule has 190 valence electrons. The van der Waals surface area contributed by atoms with Crippen LogP contribution in [0.15, 0.2) is 54.6 Å². The van der Waals surface area contributed by atoms with Crippen molar-refractivity contribution in [1.29, 1.82) is 0 Å². The van der Waals surface area contributed by atoms with Crippen molar-refractivity contribution in [3.05, 3.63) is 71.3 Å². The highest BCUT2D eigenvalue weighted by Crippen LogP contribution is 2.56. The number of thioether (sulfide) groups is 1. The van der Waals surface area contributed by atoms with Crippen LogP contribution in [-0.4, -0.2) is 56.6 Å². The van der Waals surface area contributed by atoms with Gasteiger partial charge in [0.15, 0.2) is 0 Å². The summed E-state index contributed by atoms with van der Waals surface area (Å²) < 4.78 is -0.590. The molecular formula is C27H31N3O5S. The van der Waals surface area contributed by atoms with E-state index < -0.39 is 40.7 Å². The molecule has 4 atom stereocenters. The van der Waals surface area contributed by atoms with Crippen molar-refractivity contribution in [3.8, 4) is 0 Å². The Hall–Kier alpha value is -3.33. The minimum atomic E-state index is -1.15. The maximum atomic E-state index is 13.6. The number of carboxylic acid groups (broad SMARTS) is 1. The number of carbonyl (C=O) groups excluding carboxylic acids is 3. The Labute approximate surface area is 214 Å². The molecule has 1 fully saturated rings. The van der Waals surface area contributed by atoms with E-state index in [-0.39, 0.29) is 23.6 Å². The smallest absolute Gasteiger partial charge is 0.326 e. The topological polar surface area (TPSA) is 116 Å². The monoisotopic (exact) mass is 509 g/mol. The van der Waals surface area contributed by atoms with E-state index in [2.05, 4.69) is 10.6 Å². The number of nitrogens with one attached hydrogen (secondary N) is 2. The Morgan fingerprint density at radius 2 is 1.67 bits per heavy atom. The summed E-state index contributed by atoms with van der Waals surface area (Å²) in [5.41, 5.74) is 2.25. The number of hydrogen-bond donors (Lipinski definition) is 3. The summed E-state index contributed by atoms with van der Waals surface area (Å²) >= 11 is 1.55. The van der Waals surface area contributed by atoms with E-state index in [1.807, 2.05) is 32.0 Å². The predicted octanol–water partition coefficient (Wildman–Crippen LogP) is 2.99. The number of hydrogen-bond acceptors (Lipinski definition) is 5. The van der Waals surface area contributed by atoms with Crippen LogP contribution in [0.3, 0.4) is 0 Å². The zero-order valence-corrected chi connectivity index (χ0v) is 21.5. The number of carboxylic acids is 1. The molecule has 2 aliphatic heterocycles. The van der Waals surface area contributed by atoms with Gasteiger partial charge in [0.25, 0.3) is 5.91 Å². The van der Waals surface area contributed by atoms with Gasteiger partial charge in [-0.15, -0.1) is 11.8 Å². The molecule has 2 aromatic rings. The lowest BCUT2D eigenvalue weighted by atomic mass is 9.97. The average Bonchev–Trinajstić information content (AvgIpc) is 3.26. The van der Waals surface area contributed by atoms with Crippen LogP contribution in [0, 0.1) is 5.92 Å². The molecule has 36 heavy (non-hydrogen) atoms. The number of rotatable bonds is 8. The van der Waals surface area contributed by atoms with Crippen molar-refractivity contribution < 1.29 is 24.3 Å². The van der Waals surface area contributed by atoms with Crippen LogP contribution in [0.2, 0.25) is 0 Å². The van der Waals surface area contributed by atoms with Crippen molar-refractivity contribution >= 4 is 35.5 Å². The minimum Gasteiger partial charge on any atom is -0.480 e. The molecule has 3 N–H and O–H groups in total. The summed E-state index contributed by atoms with van der Waals surface area (Å²) in [6.45, 7) is 7.40. The molecule has 0 saturated carbocycles. The third-order valence-corrected chi connectivity index (χ3v) is 8.22. The van der Waals surface area contributed by atoms with Crippen molar-refractivity contribution in [2.24, 2.45) is 5.92 Å². The summed E-state index contributed by atoms with van der Waals surface area (Å²) in [7, 11) is 0. The Morgan fingerprint density at radius 3 is 2.31 bits per heavy atom. The molecule has 0 aliphatic carbocycles. The molecule has 1 saturated heterocycles. The lowest BCUT2D eigenvalue weighted by Gasteiger charge is -2.32. The number of amides is 3. The lowest BCUT2D eigenvalue weighted by molar-refractivity contribution is -0.142. The number of aliphatic carboxylic acids is 1. The fourth-order valence-corrected chi connectivity index (χ4v) is 6.47. The highest BCUT2D eigenvalue weighted by molar-refractivity contribution is 8.01. The maximum absolute atomic E-state index is 13.6. The van der Waals surface area contributed by atoms with E-state index in [1.165, 1.54) is 0 Å². The first-order chi connectivity index (χ1) is 17.0. The Morgan fingerprint density at radius 1 is 1.03 bits per heavy atom. The third-order valence-electron chi connectivity index (χ3n) is 6.69. The molecule has 0 aromatic heterocycles. The Bertz CT molecular complexity index is 1180. The molecule has 4 rings (SSSR count). The first-order valence-corrected chi connectivity index (χ1v) is 12.9. The van der Waals surface area contributed by atoms with Crippen LogP contribution in [0.25, 0.3) is 0 Å². The zero-order chi connectivity index (χ0) is 26.2. The van der Waals surface area contributed by atoms with Gasteiger partial charge in [0.1, 0.15) is 23.5 Å². The predicted molar refractivity (Wildman–Crippen MR) is 137 cm³/mol. The molecule has 9 heteroatoms. The fraction of sp³-hybridized carbons (Fsp3) is 0.407. The largest absolute Gasteiger partial charge is 0.480 e. The summed E-state index contributed by atoms with van der Waals surface area (Å²) in [4.78, 5) is 53.5. The molecule has 2 aliphatic rings. The van der Waals surface area contributed by atoms with Crippen LogP contribution in [0.5, 0.6) is 0 Å². The highest BCUT2D eigenvalue weighted by atomic mass is 32.2. The van der Waals surface area contributed by atoms with Gasteiger partial charge in [-0.05, 0) is 37.0 Å². The summed E-state index contributed by atoms with van der Waals surface area (Å²) in [6, 6.07) is 13.5. The third kappa shape index (κ3) is 4.84. The van der Waals surface area contributed by atoms with Crippen molar-refractivity contribution in [2.75, 3.05) is 0 Å². The second-order valence-electron chi connectivity index (χ2n) is 10.1. The SMILES string of the molecule is CC(C)[C@H](NC(=O)[C@H]1N2C(=O)c3ccccc3C2SC1(C)C)C(=O)N[C@@H](Cc1ccccc1)C(=O)O. The van der Waals surface area contributed by atoms with E-state index in [1.54, 1.807) is 66.9 Å². The molecular weight excluding hydrogens is 478 g/mol. The van der Waals surface area contributed by atoms with Gasteiger partial charge in [-0.3, -0.25) is 14.4 Å². The molecule has 1 unspecified atom stereocenters. The van der Waals surface area contributed by atoms with Crippen LogP contribution < -0.4 is 10.6 Å². The number of benzene rings is 2. The van der Waals surface area contributed by atoms with E-state index in [0.29, 0.717) is 5.56 Å². The van der Waals surface area contributed by atoms with Gasteiger partial charge in [-0.2, -0.15) is 0 Å². The quantitative estimate of drug-likeness (QED) is 0.504. The molecule has 2 heterocycles. The van der Waals surface area contributed by atoms with E-state index in [0.717, 1.165) is 11.1 Å².